The average Bonchev–Trinajstić information content (AvgIpc) is 2.78. The maximum absolute atomic E-state index is 12.6. The third-order valence-corrected chi connectivity index (χ3v) is 7.80. The normalized spacial score (nSPS) is 44.5. The number of ketones is 1. The van der Waals surface area contributed by atoms with Crippen LogP contribution < -0.4 is 5.73 Å². The van der Waals surface area contributed by atoms with E-state index in [0.717, 1.165) is 19.3 Å². The Hall–Kier alpha value is 0.520. The van der Waals surface area contributed by atoms with E-state index >= 15 is 0 Å². The molecule has 6 heteroatoms. The average molecular weight is 351 g/mol. The van der Waals surface area contributed by atoms with E-state index in [-0.39, 0.29) is 22.2 Å². The first-order valence-electron chi connectivity index (χ1n) is 8.04. The highest BCUT2D eigenvalue weighted by Gasteiger charge is 2.43. The summed E-state index contributed by atoms with van der Waals surface area (Å²) < 4.78 is 0. The lowest BCUT2D eigenvalue weighted by Crippen LogP contribution is -2.47. The van der Waals surface area contributed by atoms with Crippen LogP contribution in [-0.4, -0.2) is 44.8 Å². The van der Waals surface area contributed by atoms with Crippen molar-refractivity contribution in [3.8, 4) is 0 Å². The van der Waals surface area contributed by atoms with Crippen molar-refractivity contribution in [2.75, 3.05) is 6.54 Å². The van der Waals surface area contributed by atoms with E-state index in [4.69, 9.17) is 28.9 Å². The van der Waals surface area contributed by atoms with Crippen LogP contribution in [0.2, 0.25) is 0 Å². The van der Waals surface area contributed by atoms with Gasteiger partial charge in [0.15, 0.2) is 0 Å². The van der Waals surface area contributed by atoms with E-state index in [1.165, 1.54) is 25.7 Å². The minimum Gasteiger partial charge on any atom is -0.307 e. The fourth-order valence-electron chi connectivity index (χ4n) is 3.95. The van der Waals surface area contributed by atoms with Gasteiger partial charge in [-0.1, -0.05) is 12.8 Å². The zero-order valence-electron chi connectivity index (χ0n) is 12.2. The number of carbonyl (C=O) groups is 1. The first kappa shape index (κ1) is 16.4. The standard InChI is InChI=1S/C15H24Cl2N2OS/c16-10-6-5-9(7-11(10)17)13(20)8-19-12-3-1-2-4-14(12)21-15(19)18/h9-12,14-15H,1-8,18H2. The van der Waals surface area contributed by atoms with Gasteiger partial charge in [-0.2, -0.15) is 0 Å². The van der Waals surface area contributed by atoms with Gasteiger partial charge in [-0.05, 0) is 32.1 Å². The van der Waals surface area contributed by atoms with E-state index in [0.29, 0.717) is 23.6 Å². The smallest absolute Gasteiger partial charge is 0.150 e. The zero-order valence-corrected chi connectivity index (χ0v) is 14.5. The molecule has 2 aliphatic carbocycles. The molecular weight excluding hydrogens is 327 g/mol. The summed E-state index contributed by atoms with van der Waals surface area (Å²) in [6, 6.07) is 0.499. The second kappa shape index (κ2) is 6.96. The summed E-state index contributed by atoms with van der Waals surface area (Å²) in [7, 11) is 0. The van der Waals surface area contributed by atoms with Gasteiger partial charge in [-0.15, -0.1) is 35.0 Å². The van der Waals surface area contributed by atoms with Gasteiger partial charge in [0.05, 0.1) is 11.9 Å². The number of alkyl halides is 2. The largest absolute Gasteiger partial charge is 0.307 e. The first-order valence-corrected chi connectivity index (χ1v) is 9.85. The molecule has 0 amide bonds. The van der Waals surface area contributed by atoms with Crippen LogP contribution in [-0.2, 0) is 4.79 Å². The fraction of sp³-hybridized carbons (Fsp3) is 0.933. The topological polar surface area (TPSA) is 46.3 Å². The molecule has 6 unspecified atom stereocenters. The predicted molar refractivity (Wildman–Crippen MR) is 89.9 cm³/mol. The summed E-state index contributed by atoms with van der Waals surface area (Å²) in [5.41, 5.74) is 6.24. The molecule has 1 heterocycles. The number of fused-ring (bicyclic) bond motifs is 1. The lowest BCUT2D eigenvalue weighted by atomic mass is 9.85. The Labute approximate surface area is 141 Å². The number of rotatable bonds is 3. The number of halogens is 2. The van der Waals surface area contributed by atoms with Crippen molar-refractivity contribution in [3.63, 3.8) is 0 Å². The van der Waals surface area contributed by atoms with E-state index in [1.54, 1.807) is 0 Å². The van der Waals surface area contributed by atoms with Crippen LogP contribution in [0.3, 0.4) is 0 Å². The Morgan fingerprint density at radius 1 is 1.14 bits per heavy atom. The molecule has 3 nitrogen and oxygen atoms in total. The number of Topliss-reactive ketones (excluding diaryl/α,β-unsaturated/α-hetero) is 1. The molecule has 3 fully saturated rings. The summed E-state index contributed by atoms with van der Waals surface area (Å²) in [5.74, 6) is 0.383. The fourth-order valence-corrected chi connectivity index (χ4v) is 6.04. The van der Waals surface area contributed by atoms with Crippen LogP contribution in [0.25, 0.3) is 0 Å². The minimum atomic E-state index is -0.0709. The Balaban J connectivity index is 1.59. The van der Waals surface area contributed by atoms with Gasteiger partial charge in [0.2, 0.25) is 0 Å². The lowest BCUT2D eigenvalue weighted by Gasteiger charge is -2.33. The Bertz CT molecular complexity index is 398. The SMILES string of the molecule is NC1SC2CCCCC2N1CC(=O)C1CCC(Cl)C(Cl)C1. The van der Waals surface area contributed by atoms with E-state index < -0.39 is 0 Å². The van der Waals surface area contributed by atoms with Crippen molar-refractivity contribution < 1.29 is 4.79 Å². The Kier molecular flexibility index (Phi) is 5.43. The van der Waals surface area contributed by atoms with Gasteiger partial charge >= 0.3 is 0 Å². The number of thioether (sulfide) groups is 1. The van der Waals surface area contributed by atoms with Crippen LogP contribution in [0.1, 0.15) is 44.9 Å². The van der Waals surface area contributed by atoms with Crippen LogP contribution >= 0.6 is 35.0 Å². The van der Waals surface area contributed by atoms with Crippen molar-refractivity contribution in [2.24, 2.45) is 11.7 Å². The molecule has 0 bridgehead atoms. The van der Waals surface area contributed by atoms with E-state index in [1.807, 2.05) is 11.8 Å². The van der Waals surface area contributed by atoms with Crippen molar-refractivity contribution in [3.05, 3.63) is 0 Å². The predicted octanol–water partition coefficient (Wildman–Crippen LogP) is 3.17. The number of hydrogen-bond donors (Lipinski definition) is 1. The molecule has 3 aliphatic rings. The highest BCUT2D eigenvalue weighted by molar-refractivity contribution is 8.00. The lowest BCUT2D eigenvalue weighted by molar-refractivity contribution is -0.125. The molecule has 1 saturated heterocycles. The molecule has 0 radical (unpaired) electrons. The van der Waals surface area contributed by atoms with Gasteiger partial charge in [0.25, 0.3) is 0 Å². The van der Waals surface area contributed by atoms with Crippen molar-refractivity contribution in [2.45, 2.75) is 72.5 Å². The molecule has 0 aromatic heterocycles. The van der Waals surface area contributed by atoms with Gasteiger partial charge in [0, 0.05) is 22.6 Å². The molecular formula is C15H24Cl2N2OS. The van der Waals surface area contributed by atoms with Gasteiger partial charge in [-0.25, -0.2) is 0 Å². The molecule has 1 aliphatic heterocycles. The van der Waals surface area contributed by atoms with Crippen LogP contribution in [0.5, 0.6) is 0 Å². The van der Waals surface area contributed by atoms with Crippen LogP contribution in [0.4, 0.5) is 0 Å². The minimum absolute atomic E-state index is 0.0155. The van der Waals surface area contributed by atoms with Gasteiger partial charge in [0.1, 0.15) is 11.3 Å². The van der Waals surface area contributed by atoms with Crippen molar-refractivity contribution in [1.82, 2.24) is 4.90 Å². The number of nitrogens with zero attached hydrogens (tertiary/aromatic N) is 1. The maximum atomic E-state index is 12.6. The van der Waals surface area contributed by atoms with Gasteiger partial charge < -0.3 is 5.73 Å². The molecule has 21 heavy (non-hydrogen) atoms. The second-order valence-corrected chi connectivity index (χ2v) is 9.08. The second-order valence-electron chi connectivity index (χ2n) is 6.60. The number of carbonyl (C=O) groups excluding carboxylic acids is 1. The van der Waals surface area contributed by atoms with E-state index in [2.05, 4.69) is 4.90 Å². The van der Waals surface area contributed by atoms with Crippen LogP contribution in [0, 0.1) is 5.92 Å². The molecule has 0 aromatic rings. The monoisotopic (exact) mass is 350 g/mol. The molecule has 3 rings (SSSR count). The maximum Gasteiger partial charge on any atom is 0.150 e. The van der Waals surface area contributed by atoms with Crippen LogP contribution in [0.15, 0.2) is 0 Å². The van der Waals surface area contributed by atoms with Gasteiger partial charge in [-0.3, -0.25) is 9.69 Å². The third-order valence-electron chi connectivity index (χ3n) is 5.22. The highest BCUT2D eigenvalue weighted by atomic mass is 35.5. The molecule has 2 N–H and O–H groups in total. The third kappa shape index (κ3) is 3.55. The zero-order chi connectivity index (χ0) is 15.0. The Morgan fingerprint density at radius 2 is 1.90 bits per heavy atom. The molecule has 120 valence electrons. The molecule has 2 saturated carbocycles. The quantitative estimate of drug-likeness (QED) is 0.794. The summed E-state index contributed by atoms with van der Waals surface area (Å²) >= 11 is 14.2. The van der Waals surface area contributed by atoms with Crippen molar-refractivity contribution >= 4 is 40.7 Å². The summed E-state index contributed by atoms with van der Waals surface area (Å²) in [6.45, 7) is 0.497. The first-order chi connectivity index (χ1) is 10.1. The molecule has 6 atom stereocenters. The highest BCUT2D eigenvalue weighted by Crippen LogP contribution is 2.41. The summed E-state index contributed by atoms with van der Waals surface area (Å²) in [5, 5.41) is 0.572. The molecule has 0 spiro atoms. The van der Waals surface area contributed by atoms with Crippen molar-refractivity contribution in [1.29, 1.82) is 0 Å². The number of hydrogen-bond acceptors (Lipinski definition) is 4. The van der Waals surface area contributed by atoms with E-state index in [9.17, 15) is 4.79 Å². The summed E-state index contributed by atoms with van der Waals surface area (Å²) in [4.78, 5) is 14.9. The molecule has 0 aromatic carbocycles. The Morgan fingerprint density at radius 3 is 2.67 bits per heavy atom. The summed E-state index contributed by atoms with van der Waals surface area (Å²) in [6.07, 6.45) is 7.44. The number of nitrogens with two attached hydrogens (primary N) is 1.